The number of hydrogen-bond donors (Lipinski definition) is 1. The second-order valence-electron chi connectivity index (χ2n) is 7.57. The van der Waals surface area contributed by atoms with E-state index in [1.807, 2.05) is 25.1 Å². The minimum absolute atomic E-state index is 0.129. The van der Waals surface area contributed by atoms with E-state index in [1.165, 1.54) is 0 Å². The van der Waals surface area contributed by atoms with Crippen LogP contribution in [0.4, 0.5) is 0 Å². The van der Waals surface area contributed by atoms with Crippen LogP contribution in [0.3, 0.4) is 0 Å². The Morgan fingerprint density at radius 1 is 1.46 bits per heavy atom. The third-order valence-corrected chi connectivity index (χ3v) is 5.34. The van der Waals surface area contributed by atoms with Gasteiger partial charge in [-0.1, -0.05) is 11.2 Å². The molecule has 4 heterocycles. The molecule has 0 aromatic carbocycles. The van der Waals surface area contributed by atoms with E-state index < -0.39 is 0 Å². The molecule has 0 radical (unpaired) electrons. The van der Waals surface area contributed by atoms with Crippen LogP contribution >= 0.6 is 0 Å². The molecule has 0 unspecified atom stereocenters. The second-order valence-corrected chi connectivity index (χ2v) is 7.57. The van der Waals surface area contributed by atoms with Crippen molar-refractivity contribution in [2.24, 2.45) is 5.16 Å². The molecule has 140 valence electrons. The Kier molecular flexibility index (Phi) is 4.91. The number of pyridine rings is 1. The monoisotopic (exact) mass is 358 g/mol. The van der Waals surface area contributed by atoms with Gasteiger partial charge in [0.15, 0.2) is 5.60 Å². The van der Waals surface area contributed by atoms with Crippen LogP contribution in [-0.2, 0) is 20.9 Å². The highest BCUT2D eigenvalue weighted by atomic mass is 16.7. The number of nitrogens with one attached hydrogen (secondary N) is 1. The molecule has 26 heavy (non-hydrogen) atoms. The summed E-state index contributed by atoms with van der Waals surface area (Å²) in [7, 11) is 0. The molecule has 1 aromatic heterocycles. The summed E-state index contributed by atoms with van der Waals surface area (Å²) < 4.78 is 5.54. The van der Waals surface area contributed by atoms with Crippen molar-refractivity contribution < 1.29 is 14.4 Å². The molecule has 7 nitrogen and oxygen atoms in total. The zero-order chi connectivity index (χ0) is 18.0. The molecule has 4 rings (SSSR count). The largest absolute Gasteiger partial charge is 0.387 e. The van der Waals surface area contributed by atoms with Crippen molar-refractivity contribution in [2.75, 3.05) is 26.2 Å². The first-order chi connectivity index (χ1) is 12.6. The summed E-state index contributed by atoms with van der Waals surface area (Å²) >= 11 is 0. The maximum atomic E-state index is 12.4. The molecule has 1 N–H and O–H groups in total. The third-order valence-electron chi connectivity index (χ3n) is 5.34. The third kappa shape index (κ3) is 3.88. The first-order valence-electron chi connectivity index (χ1n) is 9.42. The second kappa shape index (κ2) is 7.32. The Hall–Kier alpha value is -1.99. The maximum absolute atomic E-state index is 12.4. The highest BCUT2D eigenvalue weighted by molar-refractivity contribution is 6.39. The number of likely N-dealkylation sites (tertiary alicyclic amines) is 1. The molecule has 3 aliphatic heterocycles. The average molecular weight is 358 g/mol. The molecule has 3 aliphatic rings. The Balaban J connectivity index is 1.27. The van der Waals surface area contributed by atoms with Crippen molar-refractivity contribution in [3.05, 3.63) is 29.6 Å². The topological polar surface area (TPSA) is 76.1 Å². The number of oxime groups is 1. The lowest BCUT2D eigenvalue weighted by Crippen LogP contribution is -2.39. The summed E-state index contributed by atoms with van der Waals surface area (Å²) in [5.41, 5.74) is 2.23. The van der Waals surface area contributed by atoms with Gasteiger partial charge in [0.25, 0.3) is 5.91 Å². The fourth-order valence-corrected chi connectivity index (χ4v) is 3.96. The number of ether oxygens (including phenoxy) is 1. The minimum Gasteiger partial charge on any atom is -0.387 e. The zero-order valence-electron chi connectivity index (χ0n) is 15.2. The van der Waals surface area contributed by atoms with Crippen molar-refractivity contribution >= 4 is 11.6 Å². The molecule has 2 fully saturated rings. The summed E-state index contributed by atoms with van der Waals surface area (Å²) in [6.45, 7) is 5.84. The molecule has 2 saturated heterocycles. The minimum atomic E-state index is -0.361. The molecule has 0 bridgehead atoms. The molecule has 1 spiro atoms. The van der Waals surface area contributed by atoms with Gasteiger partial charge in [0.2, 0.25) is 0 Å². The summed E-state index contributed by atoms with van der Waals surface area (Å²) in [6, 6.07) is 6.09. The standard InChI is InChI=1S/C19H26N4O3/c1-14-4-2-5-15(21-14)12-23-8-7-19(13-23)10-17(22-26-19)18(24)20-11-16-6-3-9-25-16/h2,4-5,16H,3,6-13H2,1H3,(H,20,24)/t16-,19+/m1/s1. The van der Waals surface area contributed by atoms with Crippen molar-refractivity contribution in [3.63, 3.8) is 0 Å². The summed E-state index contributed by atoms with van der Waals surface area (Å²) in [6.07, 6.45) is 3.67. The van der Waals surface area contributed by atoms with Gasteiger partial charge in [-0.05, 0) is 31.9 Å². The fraction of sp³-hybridized carbons (Fsp3) is 0.632. The highest BCUT2D eigenvalue weighted by Crippen LogP contribution is 2.34. The van der Waals surface area contributed by atoms with Crippen molar-refractivity contribution in [3.8, 4) is 0 Å². The number of rotatable bonds is 5. The van der Waals surface area contributed by atoms with Crippen LogP contribution in [0.15, 0.2) is 23.4 Å². The Bertz CT molecular complexity index is 702. The van der Waals surface area contributed by atoms with E-state index in [2.05, 4.69) is 20.4 Å². The van der Waals surface area contributed by atoms with Gasteiger partial charge in [0, 0.05) is 51.3 Å². The first kappa shape index (κ1) is 17.4. The number of aryl methyl sites for hydroxylation is 1. The number of amides is 1. The average Bonchev–Trinajstić information content (AvgIpc) is 3.36. The van der Waals surface area contributed by atoms with E-state index in [0.717, 1.165) is 56.9 Å². The number of aromatic nitrogens is 1. The number of carbonyl (C=O) groups excluding carboxylic acids is 1. The molecule has 7 heteroatoms. The van der Waals surface area contributed by atoms with Crippen LogP contribution < -0.4 is 5.32 Å². The van der Waals surface area contributed by atoms with Gasteiger partial charge in [0.05, 0.1) is 11.8 Å². The van der Waals surface area contributed by atoms with Crippen LogP contribution in [0.2, 0.25) is 0 Å². The van der Waals surface area contributed by atoms with Crippen LogP contribution in [0.25, 0.3) is 0 Å². The van der Waals surface area contributed by atoms with Crippen molar-refractivity contribution in [1.29, 1.82) is 0 Å². The van der Waals surface area contributed by atoms with Gasteiger partial charge in [-0.15, -0.1) is 0 Å². The van der Waals surface area contributed by atoms with Gasteiger partial charge in [-0.3, -0.25) is 14.7 Å². The lowest BCUT2D eigenvalue weighted by atomic mass is 9.96. The van der Waals surface area contributed by atoms with Crippen LogP contribution in [-0.4, -0.2) is 59.4 Å². The normalized spacial score (nSPS) is 28.3. The number of carbonyl (C=O) groups is 1. The van der Waals surface area contributed by atoms with E-state index in [0.29, 0.717) is 18.7 Å². The van der Waals surface area contributed by atoms with Crippen molar-refractivity contribution in [1.82, 2.24) is 15.2 Å². The Labute approximate surface area is 153 Å². The molecule has 0 saturated carbocycles. The molecule has 1 amide bonds. The van der Waals surface area contributed by atoms with E-state index in [1.54, 1.807) is 0 Å². The molecular weight excluding hydrogens is 332 g/mol. The van der Waals surface area contributed by atoms with Gasteiger partial charge in [-0.2, -0.15) is 0 Å². The zero-order valence-corrected chi connectivity index (χ0v) is 15.2. The number of nitrogens with zero attached hydrogens (tertiary/aromatic N) is 3. The van der Waals surface area contributed by atoms with Crippen LogP contribution in [0, 0.1) is 6.92 Å². The summed E-state index contributed by atoms with van der Waals surface area (Å²) in [4.78, 5) is 25.0. The molecule has 2 atom stereocenters. The molecular formula is C19H26N4O3. The first-order valence-corrected chi connectivity index (χ1v) is 9.42. The SMILES string of the molecule is Cc1cccc(CN2CC[C@]3(CC(C(=O)NC[C@H]4CCCO4)=NO3)C2)n1. The van der Waals surface area contributed by atoms with E-state index in [-0.39, 0.29) is 17.6 Å². The highest BCUT2D eigenvalue weighted by Gasteiger charge is 2.46. The lowest BCUT2D eigenvalue weighted by molar-refractivity contribution is -0.115. The molecule has 1 aromatic rings. The predicted octanol–water partition coefficient (Wildman–Crippen LogP) is 1.41. The predicted molar refractivity (Wildman–Crippen MR) is 96.7 cm³/mol. The Morgan fingerprint density at radius 3 is 3.19 bits per heavy atom. The summed E-state index contributed by atoms with van der Waals surface area (Å²) in [5.74, 6) is -0.129. The maximum Gasteiger partial charge on any atom is 0.269 e. The van der Waals surface area contributed by atoms with Crippen LogP contribution in [0.1, 0.15) is 37.1 Å². The van der Waals surface area contributed by atoms with Gasteiger partial charge in [-0.25, -0.2) is 0 Å². The Morgan fingerprint density at radius 2 is 2.38 bits per heavy atom. The van der Waals surface area contributed by atoms with Gasteiger partial charge in [0.1, 0.15) is 5.71 Å². The van der Waals surface area contributed by atoms with Crippen LogP contribution in [0.5, 0.6) is 0 Å². The fourth-order valence-electron chi connectivity index (χ4n) is 3.96. The van der Waals surface area contributed by atoms with Gasteiger partial charge >= 0.3 is 0 Å². The van der Waals surface area contributed by atoms with Gasteiger partial charge < -0.3 is 14.9 Å². The van der Waals surface area contributed by atoms with Crippen molar-refractivity contribution in [2.45, 2.75) is 50.9 Å². The quantitative estimate of drug-likeness (QED) is 0.861. The van der Waals surface area contributed by atoms with E-state index in [9.17, 15) is 4.79 Å². The van der Waals surface area contributed by atoms with E-state index in [4.69, 9.17) is 9.57 Å². The smallest absolute Gasteiger partial charge is 0.269 e. The lowest BCUT2D eigenvalue weighted by Gasteiger charge is -2.21. The number of hydrogen-bond acceptors (Lipinski definition) is 6. The molecule has 0 aliphatic carbocycles. The van der Waals surface area contributed by atoms with E-state index >= 15 is 0 Å². The summed E-state index contributed by atoms with van der Waals surface area (Å²) in [5, 5.41) is 7.03.